The van der Waals surface area contributed by atoms with Gasteiger partial charge in [0.2, 0.25) is 0 Å². The predicted octanol–water partition coefficient (Wildman–Crippen LogP) is 1.59. The first kappa shape index (κ1) is 11.3. The van der Waals surface area contributed by atoms with E-state index in [-0.39, 0.29) is 6.61 Å². The van der Waals surface area contributed by atoms with Crippen molar-refractivity contribution in [3.63, 3.8) is 0 Å². The number of pyridine rings is 1. The molecule has 2 fully saturated rings. The van der Waals surface area contributed by atoms with Gasteiger partial charge in [-0.15, -0.1) is 0 Å². The number of nitrogens with zero attached hydrogens (tertiary/aromatic N) is 2. The normalized spacial score (nSPS) is 27.5. The number of aliphatic hydroxyl groups excluding tert-OH is 1. The Labute approximate surface area is 105 Å². The Kier molecular flexibility index (Phi) is 2.94. The van der Waals surface area contributed by atoms with Gasteiger partial charge in [-0.2, -0.15) is 0 Å². The number of aliphatic hydroxyl groups is 1. The van der Waals surface area contributed by atoms with Gasteiger partial charge in [0.25, 0.3) is 0 Å². The Hall–Kier alpha value is -0.840. The van der Waals surface area contributed by atoms with Gasteiger partial charge in [-0.3, -0.25) is 0 Å². The molecule has 0 aliphatic carbocycles. The number of fused-ring (bicyclic) bond motifs is 2. The standard InChI is InChI=1S/C12H15ClN2O2/c13-11-4-14-12(3-8(11)7-16)15-5-9-1-2-10(6-15)17-9/h3-4,9-10,16H,1-2,5-7H2. The predicted molar refractivity (Wildman–Crippen MR) is 65.3 cm³/mol. The lowest BCUT2D eigenvalue weighted by molar-refractivity contribution is 0.0302. The van der Waals surface area contributed by atoms with Crippen molar-refractivity contribution in [1.82, 2.24) is 4.98 Å². The molecule has 1 aromatic rings. The third-order valence-electron chi connectivity index (χ3n) is 3.46. The zero-order chi connectivity index (χ0) is 11.8. The van der Waals surface area contributed by atoms with E-state index >= 15 is 0 Å². The van der Waals surface area contributed by atoms with Crippen LogP contribution in [0.5, 0.6) is 0 Å². The summed E-state index contributed by atoms with van der Waals surface area (Å²) in [5, 5.41) is 9.72. The molecule has 2 aliphatic rings. The molecule has 3 heterocycles. The van der Waals surface area contributed by atoms with E-state index in [1.54, 1.807) is 6.20 Å². The molecule has 92 valence electrons. The van der Waals surface area contributed by atoms with Gasteiger partial charge in [-0.25, -0.2) is 4.98 Å². The van der Waals surface area contributed by atoms with Crippen molar-refractivity contribution in [2.75, 3.05) is 18.0 Å². The summed E-state index contributed by atoms with van der Waals surface area (Å²) in [5.41, 5.74) is 0.732. The van der Waals surface area contributed by atoms with Crippen LogP contribution in [-0.2, 0) is 11.3 Å². The van der Waals surface area contributed by atoms with Crippen LogP contribution in [0.15, 0.2) is 12.3 Å². The first-order valence-corrected chi connectivity index (χ1v) is 6.30. The molecule has 0 saturated carbocycles. The second-order valence-electron chi connectivity index (χ2n) is 4.65. The summed E-state index contributed by atoms with van der Waals surface area (Å²) in [7, 11) is 0. The molecule has 2 bridgehead atoms. The highest BCUT2D eigenvalue weighted by molar-refractivity contribution is 6.31. The van der Waals surface area contributed by atoms with E-state index in [1.165, 1.54) is 0 Å². The van der Waals surface area contributed by atoms with Gasteiger partial charge < -0.3 is 14.7 Å². The van der Waals surface area contributed by atoms with E-state index < -0.39 is 0 Å². The number of hydrogen-bond acceptors (Lipinski definition) is 4. The van der Waals surface area contributed by atoms with Crippen LogP contribution in [0.1, 0.15) is 18.4 Å². The second-order valence-corrected chi connectivity index (χ2v) is 5.06. The maximum absolute atomic E-state index is 9.20. The molecule has 1 aromatic heterocycles. The van der Waals surface area contributed by atoms with Crippen molar-refractivity contribution in [2.45, 2.75) is 31.7 Å². The Morgan fingerprint density at radius 3 is 2.76 bits per heavy atom. The largest absolute Gasteiger partial charge is 0.392 e. The van der Waals surface area contributed by atoms with Crippen molar-refractivity contribution in [3.05, 3.63) is 22.8 Å². The van der Waals surface area contributed by atoms with E-state index in [0.29, 0.717) is 17.2 Å². The number of halogens is 1. The molecule has 2 unspecified atom stereocenters. The molecule has 2 atom stereocenters. The molecular weight excluding hydrogens is 240 g/mol. The van der Waals surface area contributed by atoms with Gasteiger partial charge in [0.1, 0.15) is 5.82 Å². The van der Waals surface area contributed by atoms with Crippen LogP contribution in [0.25, 0.3) is 0 Å². The number of anilines is 1. The van der Waals surface area contributed by atoms with Crippen LogP contribution in [0.2, 0.25) is 5.02 Å². The van der Waals surface area contributed by atoms with Gasteiger partial charge in [0, 0.05) is 24.8 Å². The number of rotatable bonds is 2. The Morgan fingerprint density at radius 2 is 2.12 bits per heavy atom. The summed E-state index contributed by atoms with van der Waals surface area (Å²) in [5.74, 6) is 0.888. The molecule has 17 heavy (non-hydrogen) atoms. The summed E-state index contributed by atoms with van der Waals surface area (Å²) in [6, 6.07) is 1.87. The van der Waals surface area contributed by atoms with Gasteiger partial charge in [-0.05, 0) is 18.9 Å². The third kappa shape index (κ3) is 2.12. The number of hydrogen-bond donors (Lipinski definition) is 1. The SMILES string of the molecule is OCc1cc(N2CC3CCC(C2)O3)ncc1Cl. The minimum absolute atomic E-state index is 0.0500. The van der Waals surface area contributed by atoms with Crippen LogP contribution in [0.4, 0.5) is 5.82 Å². The van der Waals surface area contributed by atoms with Crippen LogP contribution in [0, 0.1) is 0 Å². The molecule has 0 amide bonds. The highest BCUT2D eigenvalue weighted by Crippen LogP contribution is 2.30. The zero-order valence-corrected chi connectivity index (χ0v) is 10.2. The zero-order valence-electron chi connectivity index (χ0n) is 9.47. The van der Waals surface area contributed by atoms with E-state index in [0.717, 1.165) is 37.3 Å². The quantitative estimate of drug-likeness (QED) is 0.871. The molecule has 0 spiro atoms. The fourth-order valence-corrected chi connectivity index (χ4v) is 2.73. The lowest BCUT2D eigenvalue weighted by Crippen LogP contribution is -2.43. The van der Waals surface area contributed by atoms with E-state index in [4.69, 9.17) is 16.3 Å². The Morgan fingerprint density at radius 1 is 1.41 bits per heavy atom. The molecule has 0 aromatic carbocycles. The summed E-state index contributed by atoms with van der Waals surface area (Å²) < 4.78 is 5.78. The minimum Gasteiger partial charge on any atom is -0.392 e. The van der Waals surface area contributed by atoms with Crippen LogP contribution < -0.4 is 4.90 Å². The maximum Gasteiger partial charge on any atom is 0.129 e. The number of aromatic nitrogens is 1. The minimum atomic E-state index is -0.0500. The summed E-state index contributed by atoms with van der Waals surface area (Å²) in [6.07, 6.45) is 4.57. The number of ether oxygens (including phenoxy) is 1. The van der Waals surface area contributed by atoms with Crippen molar-refractivity contribution >= 4 is 17.4 Å². The van der Waals surface area contributed by atoms with E-state index in [9.17, 15) is 5.11 Å². The van der Waals surface area contributed by atoms with E-state index in [2.05, 4.69) is 9.88 Å². The second kappa shape index (κ2) is 4.44. The van der Waals surface area contributed by atoms with Gasteiger partial charge in [-0.1, -0.05) is 11.6 Å². The first-order valence-electron chi connectivity index (χ1n) is 5.92. The number of morpholine rings is 1. The monoisotopic (exact) mass is 254 g/mol. The highest BCUT2D eigenvalue weighted by Gasteiger charge is 2.34. The molecule has 1 N–H and O–H groups in total. The maximum atomic E-state index is 9.20. The fourth-order valence-electron chi connectivity index (χ4n) is 2.56. The molecule has 2 aliphatic heterocycles. The summed E-state index contributed by atoms with van der Waals surface area (Å²) in [6.45, 7) is 1.72. The lowest BCUT2D eigenvalue weighted by atomic mass is 10.2. The average molecular weight is 255 g/mol. The van der Waals surface area contributed by atoms with Crippen LogP contribution in [0.3, 0.4) is 0 Å². The average Bonchev–Trinajstić information content (AvgIpc) is 2.69. The summed E-state index contributed by atoms with van der Waals surface area (Å²) >= 11 is 5.94. The molecule has 5 heteroatoms. The van der Waals surface area contributed by atoms with Gasteiger partial charge >= 0.3 is 0 Å². The van der Waals surface area contributed by atoms with Crippen molar-refractivity contribution in [1.29, 1.82) is 0 Å². The summed E-state index contributed by atoms with van der Waals surface area (Å²) in [4.78, 5) is 6.56. The van der Waals surface area contributed by atoms with Crippen molar-refractivity contribution in [2.24, 2.45) is 0 Å². The molecule has 4 nitrogen and oxygen atoms in total. The smallest absolute Gasteiger partial charge is 0.129 e. The Bertz CT molecular complexity index is 415. The topological polar surface area (TPSA) is 45.6 Å². The Balaban J connectivity index is 1.84. The van der Waals surface area contributed by atoms with Crippen molar-refractivity contribution < 1.29 is 9.84 Å². The first-order chi connectivity index (χ1) is 8.26. The molecule has 2 saturated heterocycles. The fraction of sp³-hybridized carbons (Fsp3) is 0.583. The van der Waals surface area contributed by atoms with Gasteiger partial charge in [0.05, 0.1) is 23.8 Å². The van der Waals surface area contributed by atoms with Crippen molar-refractivity contribution in [3.8, 4) is 0 Å². The molecular formula is C12H15ClN2O2. The molecule has 0 radical (unpaired) electrons. The van der Waals surface area contributed by atoms with Crippen LogP contribution in [-0.4, -0.2) is 35.4 Å². The van der Waals surface area contributed by atoms with Gasteiger partial charge in [0.15, 0.2) is 0 Å². The molecule has 3 rings (SSSR count). The van der Waals surface area contributed by atoms with Crippen LogP contribution >= 0.6 is 11.6 Å². The highest BCUT2D eigenvalue weighted by atomic mass is 35.5. The third-order valence-corrected chi connectivity index (χ3v) is 3.80. The lowest BCUT2D eigenvalue weighted by Gasteiger charge is -2.33. The van der Waals surface area contributed by atoms with E-state index in [1.807, 2.05) is 6.07 Å².